The second-order valence-corrected chi connectivity index (χ2v) is 8.00. The molecule has 6 atom stereocenters. The zero-order valence-electron chi connectivity index (χ0n) is 13.0. The first-order chi connectivity index (χ1) is 10.0. The SMILES string of the molecule is C[C@H]1C[C@]2(C)[C@@H](O)CC[C@H]2[C@@H]2CCc3cc(O)ccc3[C@H]21. The van der Waals surface area contributed by atoms with E-state index in [-0.39, 0.29) is 11.5 Å². The molecule has 3 aliphatic carbocycles. The van der Waals surface area contributed by atoms with Crippen LogP contribution in [-0.4, -0.2) is 16.3 Å². The normalized spacial score (nSPS) is 44.8. The zero-order chi connectivity index (χ0) is 14.8. The molecule has 2 heteroatoms. The van der Waals surface area contributed by atoms with Crippen LogP contribution < -0.4 is 0 Å². The summed E-state index contributed by atoms with van der Waals surface area (Å²) >= 11 is 0. The van der Waals surface area contributed by atoms with E-state index in [2.05, 4.69) is 19.9 Å². The fraction of sp³-hybridized carbons (Fsp3) is 0.684. The summed E-state index contributed by atoms with van der Waals surface area (Å²) in [6.07, 6.45) is 5.52. The van der Waals surface area contributed by atoms with Crippen molar-refractivity contribution in [3.05, 3.63) is 29.3 Å². The lowest BCUT2D eigenvalue weighted by atomic mass is 9.52. The summed E-state index contributed by atoms with van der Waals surface area (Å²) in [5, 5.41) is 20.2. The van der Waals surface area contributed by atoms with Gasteiger partial charge in [-0.1, -0.05) is 19.9 Å². The van der Waals surface area contributed by atoms with Gasteiger partial charge in [-0.2, -0.15) is 0 Å². The number of aromatic hydroxyl groups is 1. The predicted octanol–water partition coefficient (Wildman–Crippen LogP) is 3.86. The van der Waals surface area contributed by atoms with E-state index >= 15 is 0 Å². The average Bonchev–Trinajstić information content (AvgIpc) is 2.74. The summed E-state index contributed by atoms with van der Waals surface area (Å²) in [4.78, 5) is 0. The van der Waals surface area contributed by atoms with Crippen molar-refractivity contribution >= 4 is 0 Å². The second-order valence-electron chi connectivity index (χ2n) is 8.00. The van der Waals surface area contributed by atoms with E-state index in [1.165, 1.54) is 24.0 Å². The van der Waals surface area contributed by atoms with E-state index in [0.29, 0.717) is 29.4 Å². The number of aliphatic hydroxyl groups excluding tert-OH is 1. The Morgan fingerprint density at radius 2 is 2.00 bits per heavy atom. The predicted molar refractivity (Wildman–Crippen MR) is 83.3 cm³/mol. The molecule has 0 radical (unpaired) electrons. The van der Waals surface area contributed by atoms with Crippen molar-refractivity contribution in [2.45, 2.75) is 58.0 Å². The van der Waals surface area contributed by atoms with Crippen molar-refractivity contribution in [2.75, 3.05) is 0 Å². The maximum absolute atomic E-state index is 10.5. The first-order valence-corrected chi connectivity index (χ1v) is 8.50. The third kappa shape index (κ3) is 1.81. The Balaban J connectivity index is 1.76. The van der Waals surface area contributed by atoms with Crippen LogP contribution in [0.2, 0.25) is 0 Å². The molecule has 114 valence electrons. The van der Waals surface area contributed by atoms with E-state index in [4.69, 9.17) is 0 Å². The van der Waals surface area contributed by atoms with Crippen molar-refractivity contribution < 1.29 is 10.2 Å². The quantitative estimate of drug-likeness (QED) is 0.760. The molecule has 4 rings (SSSR count). The van der Waals surface area contributed by atoms with Gasteiger partial charge in [-0.25, -0.2) is 0 Å². The van der Waals surface area contributed by atoms with Crippen LogP contribution in [0.25, 0.3) is 0 Å². The molecule has 0 aromatic heterocycles. The van der Waals surface area contributed by atoms with Gasteiger partial charge in [0.05, 0.1) is 6.10 Å². The molecular formula is C19H26O2. The van der Waals surface area contributed by atoms with E-state index in [9.17, 15) is 10.2 Å². The van der Waals surface area contributed by atoms with Gasteiger partial charge in [-0.3, -0.25) is 0 Å². The fourth-order valence-corrected chi connectivity index (χ4v) is 6.10. The van der Waals surface area contributed by atoms with Gasteiger partial charge in [0.25, 0.3) is 0 Å². The van der Waals surface area contributed by atoms with Crippen LogP contribution >= 0.6 is 0 Å². The summed E-state index contributed by atoms with van der Waals surface area (Å²) in [5.74, 6) is 3.03. The minimum atomic E-state index is -0.105. The number of hydrogen-bond donors (Lipinski definition) is 2. The van der Waals surface area contributed by atoms with Crippen LogP contribution in [0.3, 0.4) is 0 Å². The Bertz CT molecular complexity index is 567. The monoisotopic (exact) mass is 286 g/mol. The minimum Gasteiger partial charge on any atom is -0.508 e. The van der Waals surface area contributed by atoms with Gasteiger partial charge in [-0.15, -0.1) is 0 Å². The fourth-order valence-electron chi connectivity index (χ4n) is 6.10. The maximum Gasteiger partial charge on any atom is 0.115 e. The first kappa shape index (κ1) is 13.6. The molecular weight excluding hydrogens is 260 g/mol. The van der Waals surface area contributed by atoms with Crippen molar-refractivity contribution in [1.29, 1.82) is 0 Å². The van der Waals surface area contributed by atoms with Crippen molar-refractivity contribution in [2.24, 2.45) is 23.2 Å². The average molecular weight is 286 g/mol. The summed E-state index contributed by atoms with van der Waals surface area (Å²) in [5.41, 5.74) is 2.96. The van der Waals surface area contributed by atoms with Crippen LogP contribution in [0.4, 0.5) is 0 Å². The molecule has 3 aliphatic rings. The molecule has 2 N–H and O–H groups in total. The Morgan fingerprint density at radius 3 is 2.81 bits per heavy atom. The van der Waals surface area contributed by atoms with Gasteiger partial charge in [0.2, 0.25) is 0 Å². The van der Waals surface area contributed by atoms with Gasteiger partial charge < -0.3 is 10.2 Å². The van der Waals surface area contributed by atoms with E-state index in [1.807, 2.05) is 12.1 Å². The van der Waals surface area contributed by atoms with Crippen molar-refractivity contribution in [3.8, 4) is 5.75 Å². The third-order valence-corrected chi connectivity index (χ3v) is 6.95. The van der Waals surface area contributed by atoms with Crippen LogP contribution in [0, 0.1) is 23.2 Å². The molecule has 0 amide bonds. The van der Waals surface area contributed by atoms with Gasteiger partial charge in [0, 0.05) is 0 Å². The smallest absolute Gasteiger partial charge is 0.115 e. The highest BCUT2D eigenvalue weighted by Gasteiger charge is 2.56. The molecule has 0 heterocycles. The Morgan fingerprint density at radius 1 is 1.19 bits per heavy atom. The summed E-state index contributed by atoms with van der Waals surface area (Å²) in [7, 11) is 0. The maximum atomic E-state index is 10.5. The standard InChI is InChI=1S/C19H26O2/c1-11-10-19(2)16(7-8-17(19)21)15-5-3-12-9-13(20)4-6-14(12)18(11)15/h4,6,9,11,15-18,20-21H,3,5,7-8,10H2,1-2H3/t11-,15-,16-,17-,18+,19-/m0/s1. The topological polar surface area (TPSA) is 40.5 Å². The van der Waals surface area contributed by atoms with Gasteiger partial charge in [-0.05, 0) is 84.5 Å². The third-order valence-electron chi connectivity index (χ3n) is 6.95. The molecule has 0 unspecified atom stereocenters. The number of benzene rings is 1. The van der Waals surface area contributed by atoms with Crippen molar-refractivity contribution in [1.82, 2.24) is 0 Å². The number of phenols is 1. The van der Waals surface area contributed by atoms with Crippen molar-refractivity contribution in [3.63, 3.8) is 0 Å². The molecule has 0 aliphatic heterocycles. The zero-order valence-corrected chi connectivity index (χ0v) is 13.0. The molecule has 1 aromatic carbocycles. The van der Waals surface area contributed by atoms with Crippen LogP contribution in [-0.2, 0) is 6.42 Å². The molecule has 2 saturated carbocycles. The summed E-state index contributed by atoms with van der Waals surface area (Å²) in [6.45, 7) is 4.69. The number of aryl methyl sites for hydroxylation is 1. The molecule has 2 fully saturated rings. The number of phenolic OH excluding ortho intramolecular Hbond substituents is 1. The first-order valence-electron chi connectivity index (χ1n) is 8.50. The molecule has 0 bridgehead atoms. The van der Waals surface area contributed by atoms with E-state index < -0.39 is 0 Å². The summed E-state index contributed by atoms with van der Waals surface area (Å²) < 4.78 is 0. The van der Waals surface area contributed by atoms with Gasteiger partial charge >= 0.3 is 0 Å². The van der Waals surface area contributed by atoms with Gasteiger partial charge in [0.1, 0.15) is 5.75 Å². The van der Waals surface area contributed by atoms with E-state index in [1.54, 1.807) is 0 Å². The largest absolute Gasteiger partial charge is 0.508 e. The minimum absolute atomic E-state index is 0.105. The highest BCUT2D eigenvalue weighted by Crippen LogP contribution is 2.62. The molecule has 0 saturated heterocycles. The number of hydrogen-bond acceptors (Lipinski definition) is 2. The number of aliphatic hydroxyl groups is 1. The summed E-state index contributed by atoms with van der Waals surface area (Å²) in [6, 6.07) is 5.98. The van der Waals surface area contributed by atoms with Crippen LogP contribution in [0.1, 0.15) is 56.6 Å². The highest BCUT2D eigenvalue weighted by atomic mass is 16.3. The number of fused-ring (bicyclic) bond motifs is 5. The Hall–Kier alpha value is -1.02. The number of rotatable bonds is 0. The second kappa shape index (κ2) is 4.49. The van der Waals surface area contributed by atoms with Gasteiger partial charge in [0.15, 0.2) is 0 Å². The Labute approximate surface area is 127 Å². The molecule has 0 spiro atoms. The molecule has 1 aromatic rings. The lowest BCUT2D eigenvalue weighted by Crippen LogP contribution is -2.47. The lowest BCUT2D eigenvalue weighted by Gasteiger charge is -2.53. The van der Waals surface area contributed by atoms with Crippen LogP contribution in [0.15, 0.2) is 18.2 Å². The molecule has 21 heavy (non-hydrogen) atoms. The van der Waals surface area contributed by atoms with E-state index in [0.717, 1.165) is 19.3 Å². The highest BCUT2D eigenvalue weighted by molar-refractivity contribution is 5.40. The Kier molecular flexibility index (Phi) is 2.91. The molecule has 2 nitrogen and oxygen atoms in total. The lowest BCUT2D eigenvalue weighted by molar-refractivity contribution is -0.0441. The van der Waals surface area contributed by atoms with Crippen LogP contribution in [0.5, 0.6) is 5.75 Å².